The van der Waals surface area contributed by atoms with Gasteiger partial charge in [0.15, 0.2) is 11.5 Å². The van der Waals surface area contributed by atoms with Crippen molar-refractivity contribution in [2.75, 3.05) is 24.2 Å². The Morgan fingerprint density at radius 2 is 2.18 bits per heavy atom. The van der Waals surface area contributed by atoms with Crippen LogP contribution in [0.15, 0.2) is 12.1 Å². The first-order valence-corrected chi connectivity index (χ1v) is 5.62. The quantitative estimate of drug-likeness (QED) is 0.817. The van der Waals surface area contributed by atoms with E-state index in [1.54, 1.807) is 6.07 Å². The number of hydrogen-bond acceptors (Lipinski definition) is 4. The minimum Gasteiger partial charge on any atom is -0.477 e. The van der Waals surface area contributed by atoms with Crippen LogP contribution in [0, 0.1) is 5.92 Å². The molecule has 1 aromatic heterocycles. The van der Waals surface area contributed by atoms with Gasteiger partial charge in [0, 0.05) is 13.6 Å². The van der Waals surface area contributed by atoms with E-state index in [2.05, 4.69) is 18.8 Å². The van der Waals surface area contributed by atoms with E-state index in [4.69, 9.17) is 10.8 Å². The van der Waals surface area contributed by atoms with Crippen LogP contribution in [-0.2, 0) is 0 Å². The van der Waals surface area contributed by atoms with Gasteiger partial charge in [-0.3, -0.25) is 0 Å². The number of rotatable bonds is 5. The zero-order chi connectivity index (χ0) is 13.0. The third kappa shape index (κ3) is 3.62. The number of anilines is 2. The van der Waals surface area contributed by atoms with Crippen LogP contribution in [0.3, 0.4) is 0 Å². The zero-order valence-corrected chi connectivity index (χ0v) is 10.5. The molecule has 3 N–H and O–H groups in total. The summed E-state index contributed by atoms with van der Waals surface area (Å²) in [6.45, 7) is 5.08. The van der Waals surface area contributed by atoms with Crippen LogP contribution < -0.4 is 10.6 Å². The summed E-state index contributed by atoms with van der Waals surface area (Å²) in [6.07, 6.45) is 1.01. The Morgan fingerprint density at radius 3 is 2.71 bits per heavy atom. The summed E-state index contributed by atoms with van der Waals surface area (Å²) in [5, 5.41) is 8.88. The van der Waals surface area contributed by atoms with Crippen LogP contribution in [0.4, 0.5) is 11.5 Å². The second-order valence-corrected chi connectivity index (χ2v) is 4.52. The van der Waals surface area contributed by atoms with Crippen molar-refractivity contribution in [3.05, 3.63) is 17.8 Å². The molecule has 0 radical (unpaired) electrons. The van der Waals surface area contributed by atoms with Gasteiger partial charge in [0.1, 0.15) is 0 Å². The van der Waals surface area contributed by atoms with Crippen LogP contribution >= 0.6 is 0 Å². The molecule has 5 heteroatoms. The Morgan fingerprint density at radius 1 is 1.53 bits per heavy atom. The van der Waals surface area contributed by atoms with Gasteiger partial charge in [0.2, 0.25) is 0 Å². The van der Waals surface area contributed by atoms with Crippen molar-refractivity contribution in [1.29, 1.82) is 0 Å². The minimum atomic E-state index is -1.04. The summed E-state index contributed by atoms with van der Waals surface area (Å²) in [7, 11) is 1.87. The van der Waals surface area contributed by atoms with E-state index in [0.29, 0.717) is 17.4 Å². The molecule has 5 nitrogen and oxygen atoms in total. The van der Waals surface area contributed by atoms with E-state index in [-0.39, 0.29) is 5.69 Å². The summed E-state index contributed by atoms with van der Waals surface area (Å²) >= 11 is 0. The molecule has 0 saturated heterocycles. The Hall–Kier alpha value is -1.78. The molecule has 17 heavy (non-hydrogen) atoms. The van der Waals surface area contributed by atoms with Gasteiger partial charge in [-0.05, 0) is 24.5 Å². The summed E-state index contributed by atoms with van der Waals surface area (Å²) in [4.78, 5) is 16.8. The molecule has 0 amide bonds. The highest BCUT2D eigenvalue weighted by atomic mass is 16.4. The van der Waals surface area contributed by atoms with Crippen molar-refractivity contribution in [2.24, 2.45) is 5.92 Å². The average molecular weight is 237 g/mol. The second-order valence-electron chi connectivity index (χ2n) is 4.52. The van der Waals surface area contributed by atoms with Crippen LogP contribution in [0.1, 0.15) is 30.8 Å². The van der Waals surface area contributed by atoms with E-state index in [0.717, 1.165) is 13.0 Å². The van der Waals surface area contributed by atoms with Gasteiger partial charge in [-0.25, -0.2) is 9.78 Å². The van der Waals surface area contributed by atoms with E-state index >= 15 is 0 Å². The molecule has 0 aliphatic heterocycles. The Balaban J connectivity index is 2.87. The first-order chi connectivity index (χ1) is 7.91. The molecule has 0 aromatic carbocycles. The lowest BCUT2D eigenvalue weighted by Gasteiger charge is -2.21. The molecular formula is C12H19N3O2. The standard InChI is InChI=1S/C12H19N3O2/c1-8(2)6-7-15(3)11-9(13)4-5-10(14-11)12(16)17/h4-5,8H,6-7,13H2,1-3H3,(H,16,17). The molecule has 0 saturated carbocycles. The molecule has 1 heterocycles. The number of nitrogen functional groups attached to an aromatic ring is 1. The molecule has 0 unspecified atom stereocenters. The number of pyridine rings is 1. The number of nitrogens with two attached hydrogens (primary N) is 1. The first-order valence-electron chi connectivity index (χ1n) is 5.62. The van der Waals surface area contributed by atoms with Crippen molar-refractivity contribution in [1.82, 2.24) is 4.98 Å². The molecule has 0 bridgehead atoms. The molecule has 0 atom stereocenters. The highest BCUT2D eigenvalue weighted by Crippen LogP contribution is 2.20. The highest BCUT2D eigenvalue weighted by molar-refractivity contribution is 5.86. The van der Waals surface area contributed by atoms with Gasteiger partial charge in [0.25, 0.3) is 0 Å². The van der Waals surface area contributed by atoms with Crippen molar-refractivity contribution < 1.29 is 9.90 Å². The molecule has 94 valence electrons. The maximum Gasteiger partial charge on any atom is 0.354 e. The molecular weight excluding hydrogens is 218 g/mol. The average Bonchev–Trinajstić information content (AvgIpc) is 2.26. The number of aromatic carboxylic acids is 1. The van der Waals surface area contributed by atoms with Gasteiger partial charge < -0.3 is 15.7 Å². The summed E-state index contributed by atoms with van der Waals surface area (Å²) in [5.41, 5.74) is 6.32. The molecule has 0 fully saturated rings. The van der Waals surface area contributed by atoms with Crippen molar-refractivity contribution in [3.63, 3.8) is 0 Å². The Bertz CT molecular complexity index is 405. The normalized spacial score (nSPS) is 10.6. The van der Waals surface area contributed by atoms with Crippen LogP contribution in [0.2, 0.25) is 0 Å². The fraction of sp³-hybridized carbons (Fsp3) is 0.500. The predicted octanol–water partition coefficient (Wildman–Crippen LogP) is 1.84. The van der Waals surface area contributed by atoms with E-state index in [9.17, 15) is 4.79 Å². The molecule has 1 aromatic rings. The largest absolute Gasteiger partial charge is 0.477 e. The monoisotopic (exact) mass is 237 g/mol. The van der Waals surface area contributed by atoms with E-state index in [1.807, 2.05) is 11.9 Å². The maximum absolute atomic E-state index is 10.8. The SMILES string of the molecule is CC(C)CCN(C)c1nc(C(=O)O)ccc1N. The van der Waals surface area contributed by atoms with Crippen molar-refractivity contribution >= 4 is 17.5 Å². The fourth-order valence-corrected chi connectivity index (χ4v) is 1.44. The van der Waals surface area contributed by atoms with Gasteiger partial charge in [0.05, 0.1) is 5.69 Å². The van der Waals surface area contributed by atoms with E-state index in [1.165, 1.54) is 6.07 Å². The van der Waals surface area contributed by atoms with E-state index < -0.39 is 5.97 Å². The van der Waals surface area contributed by atoms with Crippen LogP contribution in [0.5, 0.6) is 0 Å². The number of carbonyl (C=O) groups is 1. The molecule has 0 spiro atoms. The van der Waals surface area contributed by atoms with Gasteiger partial charge in [-0.1, -0.05) is 13.8 Å². The van der Waals surface area contributed by atoms with Crippen molar-refractivity contribution in [2.45, 2.75) is 20.3 Å². The van der Waals surface area contributed by atoms with Crippen LogP contribution in [-0.4, -0.2) is 29.7 Å². The van der Waals surface area contributed by atoms with Crippen molar-refractivity contribution in [3.8, 4) is 0 Å². The Labute approximate surface area is 101 Å². The second kappa shape index (κ2) is 5.52. The van der Waals surface area contributed by atoms with Crippen LogP contribution in [0.25, 0.3) is 0 Å². The van der Waals surface area contributed by atoms with Gasteiger partial charge in [-0.15, -0.1) is 0 Å². The first kappa shape index (κ1) is 13.3. The number of carboxylic acid groups (broad SMARTS) is 1. The lowest BCUT2D eigenvalue weighted by Crippen LogP contribution is -2.23. The number of nitrogens with zero attached hydrogens (tertiary/aromatic N) is 2. The summed E-state index contributed by atoms with van der Waals surface area (Å²) < 4.78 is 0. The third-order valence-electron chi connectivity index (χ3n) is 2.53. The Kier molecular flexibility index (Phi) is 4.31. The lowest BCUT2D eigenvalue weighted by molar-refractivity contribution is 0.0690. The van der Waals surface area contributed by atoms with Gasteiger partial charge in [-0.2, -0.15) is 0 Å². The number of hydrogen-bond donors (Lipinski definition) is 2. The fourth-order valence-electron chi connectivity index (χ4n) is 1.44. The lowest BCUT2D eigenvalue weighted by atomic mass is 10.1. The predicted molar refractivity (Wildman–Crippen MR) is 68.3 cm³/mol. The minimum absolute atomic E-state index is 0.0191. The number of carboxylic acids is 1. The number of aromatic nitrogens is 1. The smallest absolute Gasteiger partial charge is 0.354 e. The molecule has 0 aliphatic rings. The maximum atomic E-state index is 10.8. The summed E-state index contributed by atoms with van der Waals surface area (Å²) in [5.74, 6) is 0.0791. The summed E-state index contributed by atoms with van der Waals surface area (Å²) in [6, 6.07) is 3.00. The topological polar surface area (TPSA) is 79.5 Å². The molecule has 1 rings (SSSR count). The van der Waals surface area contributed by atoms with Gasteiger partial charge >= 0.3 is 5.97 Å². The highest BCUT2D eigenvalue weighted by Gasteiger charge is 2.12. The third-order valence-corrected chi connectivity index (χ3v) is 2.53. The molecule has 0 aliphatic carbocycles. The zero-order valence-electron chi connectivity index (χ0n) is 10.5.